The van der Waals surface area contributed by atoms with Crippen molar-refractivity contribution in [2.24, 2.45) is 0 Å². The van der Waals surface area contributed by atoms with E-state index in [-0.39, 0.29) is 23.7 Å². The van der Waals surface area contributed by atoms with Gasteiger partial charge in [-0.25, -0.2) is 12.8 Å². The van der Waals surface area contributed by atoms with Gasteiger partial charge in [0, 0.05) is 32.1 Å². The van der Waals surface area contributed by atoms with Gasteiger partial charge in [-0.3, -0.25) is 4.79 Å². The summed E-state index contributed by atoms with van der Waals surface area (Å²) >= 11 is 0. The molecule has 2 aliphatic rings. The van der Waals surface area contributed by atoms with Gasteiger partial charge in [0.2, 0.25) is 15.9 Å². The molecular formula is C18H25FN2O3S. The zero-order chi connectivity index (χ0) is 18.0. The van der Waals surface area contributed by atoms with Crippen molar-refractivity contribution in [3.63, 3.8) is 0 Å². The third-order valence-electron chi connectivity index (χ3n) is 5.26. The van der Waals surface area contributed by atoms with Crippen LogP contribution in [0.4, 0.5) is 4.39 Å². The number of benzene rings is 1. The van der Waals surface area contributed by atoms with Crippen molar-refractivity contribution in [2.75, 3.05) is 13.1 Å². The fourth-order valence-electron chi connectivity index (χ4n) is 4.14. The summed E-state index contributed by atoms with van der Waals surface area (Å²) in [7, 11) is -3.57. The van der Waals surface area contributed by atoms with Gasteiger partial charge in [0.25, 0.3) is 0 Å². The quantitative estimate of drug-likeness (QED) is 0.824. The van der Waals surface area contributed by atoms with Gasteiger partial charge in [0.15, 0.2) is 0 Å². The Kier molecular flexibility index (Phi) is 5.43. The van der Waals surface area contributed by atoms with E-state index in [0.29, 0.717) is 25.1 Å². The molecule has 0 aliphatic carbocycles. The minimum Gasteiger partial charge on any atom is -0.338 e. The Balaban J connectivity index is 1.86. The molecule has 0 N–H and O–H groups in total. The Morgan fingerprint density at radius 3 is 2.68 bits per heavy atom. The normalized spacial score (nSPS) is 25.3. The van der Waals surface area contributed by atoms with Crippen molar-refractivity contribution >= 4 is 15.9 Å². The zero-order valence-electron chi connectivity index (χ0n) is 14.5. The molecule has 3 rings (SSSR count). The minimum absolute atomic E-state index is 0.00977. The second-order valence-electron chi connectivity index (χ2n) is 6.98. The van der Waals surface area contributed by atoms with Crippen LogP contribution >= 0.6 is 0 Å². The molecular weight excluding hydrogens is 343 g/mol. The third kappa shape index (κ3) is 4.03. The fraction of sp³-hybridized carbons (Fsp3) is 0.611. The highest BCUT2D eigenvalue weighted by molar-refractivity contribution is 7.88. The molecule has 138 valence electrons. The lowest BCUT2D eigenvalue weighted by Crippen LogP contribution is -2.50. The zero-order valence-corrected chi connectivity index (χ0v) is 15.3. The molecule has 2 fully saturated rings. The summed E-state index contributed by atoms with van der Waals surface area (Å²) in [6.45, 7) is 2.63. The van der Waals surface area contributed by atoms with Crippen molar-refractivity contribution < 1.29 is 17.6 Å². The summed E-state index contributed by atoms with van der Waals surface area (Å²) < 4.78 is 41.1. The molecule has 0 radical (unpaired) electrons. The van der Waals surface area contributed by atoms with E-state index in [2.05, 4.69) is 0 Å². The molecule has 2 saturated heterocycles. The van der Waals surface area contributed by atoms with Crippen LogP contribution in [0.2, 0.25) is 0 Å². The third-order valence-corrected chi connectivity index (χ3v) is 7.12. The predicted molar refractivity (Wildman–Crippen MR) is 93.8 cm³/mol. The van der Waals surface area contributed by atoms with Crippen molar-refractivity contribution in [1.82, 2.24) is 9.21 Å². The molecule has 0 aromatic heterocycles. The number of sulfonamides is 1. The number of likely N-dealkylation sites (tertiary alicyclic amines) is 1. The van der Waals surface area contributed by atoms with Crippen LogP contribution in [0.5, 0.6) is 0 Å². The molecule has 2 aliphatic heterocycles. The SMILES string of the molecule is CC(=O)N1CC[C@H]2[C@H]1CCCCCN2S(=O)(=O)Cc1cccc(F)c1. The van der Waals surface area contributed by atoms with Crippen molar-refractivity contribution in [2.45, 2.75) is 56.9 Å². The average molecular weight is 368 g/mol. The predicted octanol–water partition coefficient (Wildman–Crippen LogP) is 2.52. The molecule has 7 heteroatoms. The molecule has 2 atom stereocenters. The maximum Gasteiger partial charge on any atom is 0.219 e. The molecule has 0 unspecified atom stereocenters. The van der Waals surface area contributed by atoms with Crippen LogP contribution in [0.15, 0.2) is 24.3 Å². The van der Waals surface area contributed by atoms with E-state index in [4.69, 9.17) is 0 Å². The second-order valence-corrected chi connectivity index (χ2v) is 8.90. The first-order valence-corrected chi connectivity index (χ1v) is 10.5. The van der Waals surface area contributed by atoms with Gasteiger partial charge in [-0.1, -0.05) is 25.0 Å². The maximum atomic E-state index is 13.4. The van der Waals surface area contributed by atoms with E-state index in [9.17, 15) is 17.6 Å². The van der Waals surface area contributed by atoms with E-state index in [0.717, 1.165) is 25.7 Å². The number of carbonyl (C=O) groups is 1. The molecule has 25 heavy (non-hydrogen) atoms. The highest BCUT2D eigenvalue weighted by atomic mass is 32.2. The molecule has 1 amide bonds. The van der Waals surface area contributed by atoms with Gasteiger partial charge >= 0.3 is 0 Å². The van der Waals surface area contributed by atoms with Crippen molar-refractivity contribution in [3.05, 3.63) is 35.6 Å². The minimum atomic E-state index is -3.57. The lowest BCUT2D eigenvalue weighted by atomic mass is 9.99. The number of nitrogens with zero attached hydrogens (tertiary/aromatic N) is 2. The Morgan fingerprint density at radius 2 is 1.96 bits per heavy atom. The van der Waals surface area contributed by atoms with Crippen molar-refractivity contribution in [3.8, 4) is 0 Å². The Morgan fingerprint density at radius 1 is 1.16 bits per heavy atom. The lowest BCUT2D eigenvalue weighted by molar-refractivity contribution is -0.130. The number of hydrogen-bond acceptors (Lipinski definition) is 3. The highest BCUT2D eigenvalue weighted by Gasteiger charge is 2.43. The summed E-state index contributed by atoms with van der Waals surface area (Å²) in [6.07, 6.45) is 4.32. The van der Waals surface area contributed by atoms with Gasteiger partial charge < -0.3 is 4.90 Å². The largest absolute Gasteiger partial charge is 0.338 e. The van der Waals surface area contributed by atoms with Gasteiger partial charge in [0.1, 0.15) is 5.82 Å². The number of carbonyl (C=O) groups excluding carboxylic acids is 1. The first-order valence-electron chi connectivity index (χ1n) is 8.89. The second kappa shape index (κ2) is 7.41. The van der Waals surface area contributed by atoms with Gasteiger partial charge in [-0.15, -0.1) is 0 Å². The first kappa shape index (κ1) is 18.3. The molecule has 5 nitrogen and oxygen atoms in total. The Labute approximate surface area is 148 Å². The van der Waals surface area contributed by atoms with Crippen LogP contribution in [0.3, 0.4) is 0 Å². The number of fused-ring (bicyclic) bond motifs is 1. The van der Waals surface area contributed by atoms with E-state index < -0.39 is 15.8 Å². The van der Waals surface area contributed by atoms with Crippen LogP contribution in [0, 0.1) is 5.82 Å². The Bertz CT molecular complexity index is 738. The molecule has 0 bridgehead atoms. The maximum absolute atomic E-state index is 13.4. The molecule has 0 spiro atoms. The first-order chi connectivity index (χ1) is 11.9. The number of hydrogen-bond donors (Lipinski definition) is 0. The number of halogens is 1. The molecule has 1 aromatic rings. The van der Waals surface area contributed by atoms with Crippen LogP contribution in [0.1, 0.15) is 44.6 Å². The number of amides is 1. The van der Waals surface area contributed by atoms with Crippen LogP contribution in [-0.4, -0.2) is 48.7 Å². The van der Waals surface area contributed by atoms with E-state index >= 15 is 0 Å². The van der Waals surface area contributed by atoms with Gasteiger partial charge in [-0.05, 0) is 37.0 Å². The van der Waals surface area contributed by atoms with Crippen LogP contribution in [0.25, 0.3) is 0 Å². The summed E-state index contributed by atoms with van der Waals surface area (Å²) in [5, 5.41) is 0. The molecule has 1 aromatic carbocycles. The van der Waals surface area contributed by atoms with E-state index in [1.165, 1.54) is 18.2 Å². The topological polar surface area (TPSA) is 57.7 Å². The fourth-order valence-corrected chi connectivity index (χ4v) is 5.97. The Hall–Kier alpha value is -1.47. The number of rotatable bonds is 3. The van der Waals surface area contributed by atoms with Crippen LogP contribution < -0.4 is 0 Å². The van der Waals surface area contributed by atoms with Crippen LogP contribution in [-0.2, 0) is 20.6 Å². The summed E-state index contributed by atoms with van der Waals surface area (Å²) in [5.74, 6) is -0.619. The van der Waals surface area contributed by atoms with Gasteiger partial charge in [0.05, 0.1) is 5.75 Å². The highest BCUT2D eigenvalue weighted by Crippen LogP contribution is 2.32. The summed E-state index contributed by atoms with van der Waals surface area (Å²) in [6, 6.07) is 5.55. The molecule has 2 heterocycles. The molecule has 0 saturated carbocycles. The van der Waals surface area contributed by atoms with E-state index in [1.54, 1.807) is 17.3 Å². The smallest absolute Gasteiger partial charge is 0.219 e. The van der Waals surface area contributed by atoms with Crippen molar-refractivity contribution in [1.29, 1.82) is 0 Å². The lowest BCUT2D eigenvalue weighted by Gasteiger charge is -2.36. The van der Waals surface area contributed by atoms with Gasteiger partial charge in [-0.2, -0.15) is 4.31 Å². The monoisotopic (exact) mass is 368 g/mol. The standard InChI is InChI=1S/C18H25FN2O3S/c1-14(22)20-11-9-18-17(20)8-3-2-4-10-21(18)25(23,24)13-15-6-5-7-16(19)12-15/h5-7,12,17-18H,2-4,8-11,13H2,1H3/t17-,18+/m1/s1. The summed E-state index contributed by atoms with van der Waals surface area (Å²) in [5.41, 5.74) is 0.458. The summed E-state index contributed by atoms with van der Waals surface area (Å²) in [4.78, 5) is 13.7. The average Bonchev–Trinajstić information content (AvgIpc) is 2.89. The van der Waals surface area contributed by atoms with E-state index in [1.807, 2.05) is 4.90 Å².